The quantitative estimate of drug-likeness (QED) is 0.287. The number of ether oxygens (including phenoxy) is 2. The minimum absolute atomic E-state index is 0.0741. The van der Waals surface area contributed by atoms with Gasteiger partial charge >= 0.3 is 5.97 Å². The first kappa shape index (κ1) is 17.0. The van der Waals surface area contributed by atoms with Crippen LogP contribution in [0, 0.1) is 0 Å². The fourth-order valence-corrected chi connectivity index (χ4v) is 1.86. The van der Waals surface area contributed by atoms with Gasteiger partial charge in [-0.1, -0.05) is 6.58 Å². The molecule has 0 aromatic heterocycles. The monoisotopic (exact) mass is 292 g/mol. The predicted molar refractivity (Wildman–Crippen MR) is 65.3 cm³/mol. The molecule has 0 spiro atoms. The Balaban J connectivity index is 2.94. The summed E-state index contributed by atoms with van der Waals surface area (Å²) in [6, 6.07) is 0. The second kappa shape index (κ2) is 6.17. The number of aliphatic hydroxyl groups excluding tert-OH is 4. The number of carbonyl (C=O) groups is 1. The van der Waals surface area contributed by atoms with E-state index in [1.54, 1.807) is 0 Å². The zero-order chi connectivity index (χ0) is 15.7. The zero-order valence-corrected chi connectivity index (χ0v) is 11.3. The van der Waals surface area contributed by atoms with Crippen molar-refractivity contribution in [1.82, 2.24) is 0 Å². The summed E-state index contributed by atoms with van der Waals surface area (Å²) in [6.45, 7) is 5.30. The van der Waals surface area contributed by atoms with Gasteiger partial charge in [0.15, 0.2) is 6.10 Å². The van der Waals surface area contributed by atoms with Crippen LogP contribution >= 0.6 is 0 Å². The third-order valence-electron chi connectivity index (χ3n) is 3.21. The molecule has 8 heteroatoms. The van der Waals surface area contributed by atoms with Gasteiger partial charge in [0.05, 0.1) is 6.61 Å². The van der Waals surface area contributed by atoms with Gasteiger partial charge in [-0.3, -0.25) is 0 Å². The second-order valence-electron chi connectivity index (χ2n) is 4.84. The van der Waals surface area contributed by atoms with Gasteiger partial charge in [0.1, 0.15) is 24.4 Å². The topological polar surface area (TPSA) is 137 Å². The van der Waals surface area contributed by atoms with E-state index in [1.807, 2.05) is 0 Å². The lowest BCUT2D eigenvalue weighted by Gasteiger charge is -2.47. The minimum Gasteiger partial charge on any atom is -0.453 e. The molecule has 1 aliphatic rings. The number of rotatable bonds is 4. The summed E-state index contributed by atoms with van der Waals surface area (Å²) in [5.41, 5.74) is 0.0741. The summed E-state index contributed by atoms with van der Waals surface area (Å²) in [7, 11) is 0. The van der Waals surface area contributed by atoms with Gasteiger partial charge in [-0.25, -0.2) is 4.79 Å². The average molecular weight is 292 g/mol. The fourth-order valence-electron chi connectivity index (χ4n) is 1.86. The van der Waals surface area contributed by atoms with E-state index in [1.165, 1.54) is 13.8 Å². The molecular formula is C12H20O8. The highest BCUT2D eigenvalue weighted by Gasteiger charge is 2.56. The highest BCUT2D eigenvalue weighted by molar-refractivity contribution is 5.87. The number of hydrogen-bond acceptors (Lipinski definition) is 8. The summed E-state index contributed by atoms with van der Waals surface area (Å²) in [4.78, 5) is 11.4. The average Bonchev–Trinajstić information content (AvgIpc) is 2.40. The van der Waals surface area contributed by atoms with Crippen molar-refractivity contribution in [2.75, 3.05) is 6.61 Å². The van der Waals surface area contributed by atoms with Crippen molar-refractivity contribution in [3.63, 3.8) is 0 Å². The standard InChI is InChI=1S/C12H20O8/c1-5(2)11(17)19-6(3)12(18)10(16)9(15)8(14)7(4-13)20-12/h6-10,13-16,18H,1,4H2,2-3H3/t6?,7-,8-,9+,10-,12?/m1/s1. The van der Waals surface area contributed by atoms with Crippen molar-refractivity contribution in [2.24, 2.45) is 0 Å². The van der Waals surface area contributed by atoms with Gasteiger partial charge in [0.25, 0.3) is 0 Å². The van der Waals surface area contributed by atoms with Gasteiger partial charge in [-0.15, -0.1) is 0 Å². The summed E-state index contributed by atoms with van der Waals surface area (Å²) in [5, 5.41) is 48.4. The molecule has 116 valence electrons. The maximum absolute atomic E-state index is 11.4. The van der Waals surface area contributed by atoms with Crippen LogP contribution in [0.3, 0.4) is 0 Å². The molecule has 0 radical (unpaired) electrons. The summed E-state index contributed by atoms with van der Waals surface area (Å²) in [5.74, 6) is -3.28. The number of aliphatic hydroxyl groups is 5. The third-order valence-corrected chi connectivity index (χ3v) is 3.21. The van der Waals surface area contributed by atoms with Crippen LogP contribution in [0.25, 0.3) is 0 Å². The zero-order valence-electron chi connectivity index (χ0n) is 11.3. The lowest BCUT2D eigenvalue weighted by atomic mass is 9.90. The molecule has 0 bridgehead atoms. The number of esters is 1. The maximum Gasteiger partial charge on any atom is 0.333 e. The van der Waals surface area contributed by atoms with Crippen molar-refractivity contribution >= 4 is 5.97 Å². The predicted octanol–water partition coefficient (Wildman–Crippen LogP) is -2.34. The Bertz CT molecular complexity index is 382. The fraction of sp³-hybridized carbons (Fsp3) is 0.750. The molecule has 0 saturated carbocycles. The van der Waals surface area contributed by atoms with E-state index in [2.05, 4.69) is 6.58 Å². The van der Waals surface area contributed by atoms with Crippen molar-refractivity contribution in [1.29, 1.82) is 0 Å². The Morgan fingerprint density at radius 1 is 1.40 bits per heavy atom. The Morgan fingerprint density at radius 2 is 1.95 bits per heavy atom. The molecule has 0 aliphatic carbocycles. The lowest BCUT2D eigenvalue weighted by molar-refractivity contribution is -0.373. The highest BCUT2D eigenvalue weighted by Crippen LogP contribution is 2.32. The Kier molecular flexibility index (Phi) is 5.25. The molecule has 0 aromatic carbocycles. The first-order chi connectivity index (χ1) is 9.15. The first-order valence-corrected chi connectivity index (χ1v) is 6.06. The van der Waals surface area contributed by atoms with Crippen molar-refractivity contribution < 1.29 is 39.8 Å². The Labute approximate surface area is 115 Å². The molecule has 0 amide bonds. The minimum atomic E-state index is -2.46. The van der Waals surface area contributed by atoms with E-state index in [4.69, 9.17) is 14.6 Å². The molecule has 6 atom stereocenters. The van der Waals surface area contributed by atoms with E-state index in [9.17, 15) is 25.2 Å². The summed E-state index contributed by atoms with van der Waals surface area (Å²) >= 11 is 0. The molecule has 8 nitrogen and oxygen atoms in total. The van der Waals surface area contributed by atoms with Gasteiger partial charge < -0.3 is 35.0 Å². The van der Waals surface area contributed by atoms with Gasteiger partial charge in [-0.05, 0) is 13.8 Å². The van der Waals surface area contributed by atoms with Gasteiger partial charge in [0.2, 0.25) is 5.79 Å². The smallest absolute Gasteiger partial charge is 0.333 e. The Morgan fingerprint density at radius 3 is 2.40 bits per heavy atom. The van der Waals surface area contributed by atoms with Crippen LogP contribution in [0.1, 0.15) is 13.8 Å². The van der Waals surface area contributed by atoms with Crippen LogP contribution in [0.2, 0.25) is 0 Å². The molecule has 0 aromatic rings. The normalized spacial score (nSPS) is 39.1. The molecule has 1 fully saturated rings. The molecular weight excluding hydrogens is 272 g/mol. The van der Waals surface area contributed by atoms with E-state index >= 15 is 0 Å². The third kappa shape index (κ3) is 3.00. The first-order valence-electron chi connectivity index (χ1n) is 6.06. The molecule has 20 heavy (non-hydrogen) atoms. The van der Waals surface area contributed by atoms with E-state index < -0.39 is 48.9 Å². The second-order valence-corrected chi connectivity index (χ2v) is 4.84. The lowest BCUT2D eigenvalue weighted by Crippen LogP contribution is -2.69. The molecule has 1 heterocycles. The van der Waals surface area contributed by atoms with Crippen LogP contribution in [0.5, 0.6) is 0 Å². The van der Waals surface area contributed by atoms with Crippen molar-refractivity contribution in [3.05, 3.63) is 12.2 Å². The highest BCUT2D eigenvalue weighted by atomic mass is 16.7. The van der Waals surface area contributed by atoms with Crippen molar-refractivity contribution in [3.8, 4) is 0 Å². The van der Waals surface area contributed by atoms with Crippen LogP contribution in [-0.2, 0) is 14.3 Å². The van der Waals surface area contributed by atoms with Crippen molar-refractivity contribution in [2.45, 2.75) is 50.2 Å². The molecule has 1 aliphatic heterocycles. The van der Waals surface area contributed by atoms with Crippen LogP contribution in [0.15, 0.2) is 12.2 Å². The molecule has 5 N–H and O–H groups in total. The molecule has 1 rings (SSSR count). The Hall–Kier alpha value is -1.03. The van der Waals surface area contributed by atoms with E-state index in [-0.39, 0.29) is 5.57 Å². The number of carbonyl (C=O) groups excluding carboxylic acids is 1. The van der Waals surface area contributed by atoms with Crippen LogP contribution < -0.4 is 0 Å². The van der Waals surface area contributed by atoms with E-state index in [0.29, 0.717) is 0 Å². The SMILES string of the molecule is C=C(C)C(=O)OC(C)C1(O)O[C@H](CO)[C@@H](O)[C@H](O)[C@H]1O. The summed E-state index contributed by atoms with van der Waals surface area (Å²) in [6.07, 6.45) is -7.97. The van der Waals surface area contributed by atoms with Gasteiger partial charge in [-0.2, -0.15) is 0 Å². The summed E-state index contributed by atoms with van der Waals surface area (Å²) < 4.78 is 9.85. The molecule has 2 unspecified atom stereocenters. The van der Waals surface area contributed by atoms with Crippen LogP contribution in [-0.4, -0.2) is 74.4 Å². The van der Waals surface area contributed by atoms with E-state index in [0.717, 1.165) is 0 Å². The molecule has 1 saturated heterocycles. The maximum atomic E-state index is 11.4. The van der Waals surface area contributed by atoms with Crippen LogP contribution in [0.4, 0.5) is 0 Å². The number of hydrogen-bond donors (Lipinski definition) is 5. The largest absolute Gasteiger partial charge is 0.453 e. The van der Waals surface area contributed by atoms with Gasteiger partial charge in [0, 0.05) is 5.57 Å².